The first-order valence-electron chi connectivity index (χ1n) is 9.66. The Hall–Kier alpha value is -3.62. The van der Waals surface area contributed by atoms with Gasteiger partial charge in [0.25, 0.3) is 10.0 Å². The van der Waals surface area contributed by atoms with Crippen LogP contribution >= 0.6 is 11.6 Å². The number of hydrogen-bond acceptors (Lipinski definition) is 6. The SMILES string of the molecule is C=CCN(c1ccc(Cl)cc1)S(=O)(=O)c1cccc(C(=O)Oc2ccc(C(=O)OC)cc2)c1. The normalized spacial score (nSPS) is 10.8. The fraction of sp³-hybridized carbons (Fsp3) is 0.0833. The number of benzene rings is 3. The van der Waals surface area contributed by atoms with Gasteiger partial charge in [-0.1, -0.05) is 23.7 Å². The van der Waals surface area contributed by atoms with Crippen molar-refractivity contribution < 1.29 is 27.5 Å². The Balaban J connectivity index is 1.86. The molecule has 0 saturated carbocycles. The highest BCUT2D eigenvalue weighted by Crippen LogP contribution is 2.26. The van der Waals surface area contributed by atoms with Gasteiger partial charge in [-0.05, 0) is 66.7 Å². The van der Waals surface area contributed by atoms with Gasteiger partial charge < -0.3 is 9.47 Å². The minimum Gasteiger partial charge on any atom is -0.465 e. The predicted molar refractivity (Wildman–Crippen MR) is 125 cm³/mol. The van der Waals surface area contributed by atoms with Crippen LogP contribution in [0, 0.1) is 0 Å². The molecule has 0 heterocycles. The smallest absolute Gasteiger partial charge is 0.343 e. The van der Waals surface area contributed by atoms with Crippen molar-refractivity contribution in [1.29, 1.82) is 0 Å². The lowest BCUT2D eigenvalue weighted by Crippen LogP contribution is -2.31. The van der Waals surface area contributed by atoms with Crippen molar-refractivity contribution in [2.24, 2.45) is 0 Å². The minimum atomic E-state index is -4.02. The van der Waals surface area contributed by atoms with E-state index in [0.29, 0.717) is 16.3 Å². The molecule has 0 spiro atoms. The van der Waals surface area contributed by atoms with Crippen LogP contribution in [0.25, 0.3) is 0 Å². The quantitative estimate of drug-likeness (QED) is 0.260. The van der Waals surface area contributed by atoms with Gasteiger partial charge in [0.05, 0.1) is 35.4 Å². The summed E-state index contributed by atoms with van der Waals surface area (Å²) in [6.07, 6.45) is 1.46. The Kier molecular flexibility index (Phi) is 7.52. The number of carbonyl (C=O) groups excluding carboxylic acids is 2. The second-order valence-electron chi connectivity index (χ2n) is 6.73. The maximum Gasteiger partial charge on any atom is 0.343 e. The summed E-state index contributed by atoms with van der Waals surface area (Å²) < 4.78 is 37.7. The third-order valence-electron chi connectivity index (χ3n) is 4.55. The highest BCUT2D eigenvalue weighted by Gasteiger charge is 2.25. The Morgan fingerprint density at radius 3 is 2.24 bits per heavy atom. The monoisotopic (exact) mass is 485 g/mol. The van der Waals surface area contributed by atoms with Crippen LogP contribution in [-0.2, 0) is 14.8 Å². The molecule has 9 heteroatoms. The molecule has 3 aromatic carbocycles. The van der Waals surface area contributed by atoms with Crippen molar-refractivity contribution in [3.63, 3.8) is 0 Å². The van der Waals surface area contributed by atoms with Crippen LogP contribution in [0.4, 0.5) is 5.69 Å². The van der Waals surface area contributed by atoms with Crippen molar-refractivity contribution >= 4 is 39.3 Å². The zero-order valence-electron chi connectivity index (χ0n) is 17.6. The summed E-state index contributed by atoms with van der Waals surface area (Å²) in [5, 5.41) is 0.471. The average molecular weight is 486 g/mol. The first-order valence-corrected chi connectivity index (χ1v) is 11.5. The molecule has 170 valence electrons. The van der Waals surface area contributed by atoms with Crippen molar-refractivity contribution in [1.82, 2.24) is 0 Å². The van der Waals surface area contributed by atoms with E-state index >= 15 is 0 Å². The van der Waals surface area contributed by atoms with Crippen LogP contribution in [0.1, 0.15) is 20.7 Å². The second kappa shape index (κ2) is 10.3. The van der Waals surface area contributed by atoms with E-state index in [1.54, 1.807) is 24.3 Å². The van der Waals surface area contributed by atoms with Gasteiger partial charge >= 0.3 is 11.9 Å². The molecule has 0 fully saturated rings. The fourth-order valence-electron chi connectivity index (χ4n) is 2.92. The van der Waals surface area contributed by atoms with Gasteiger partial charge in [-0.25, -0.2) is 18.0 Å². The Labute approximate surface area is 196 Å². The van der Waals surface area contributed by atoms with Crippen LogP contribution in [0.15, 0.2) is 90.3 Å². The van der Waals surface area contributed by atoms with Gasteiger partial charge in [0.15, 0.2) is 0 Å². The molecule has 0 unspecified atom stereocenters. The fourth-order valence-corrected chi connectivity index (χ4v) is 4.53. The molecule has 0 bridgehead atoms. The van der Waals surface area contributed by atoms with Crippen LogP contribution in [0.2, 0.25) is 5.02 Å². The summed E-state index contributed by atoms with van der Waals surface area (Å²) in [4.78, 5) is 24.0. The summed E-state index contributed by atoms with van der Waals surface area (Å²) in [7, 11) is -2.75. The zero-order chi connectivity index (χ0) is 24.0. The summed E-state index contributed by atoms with van der Waals surface area (Å²) in [5.74, 6) is -1.08. The first-order chi connectivity index (χ1) is 15.8. The van der Waals surface area contributed by atoms with E-state index in [4.69, 9.17) is 16.3 Å². The molecule has 0 radical (unpaired) electrons. The van der Waals surface area contributed by atoms with Crippen LogP contribution in [-0.4, -0.2) is 34.0 Å². The zero-order valence-corrected chi connectivity index (χ0v) is 19.2. The van der Waals surface area contributed by atoms with Gasteiger partial charge in [-0.2, -0.15) is 0 Å². The third-order valence-corrected chi connectivity index (χ3v) is 6.60. The number of anilines is 1. The van der Waals surface area contributed by atoms with Gasteiger partial charge in [0, 0.05) is 5.02 Å². The highest BCUT2D eigenvalue weighted by molar-refractivity contribution is 7.92. The van der Waals surface area contributed by atoms with Crippen LogP contribution in [0.5, 0.6) is 5.75 Å². The van der Waals surface area contributed by atoms with E-state index in [9.17, 15) is 18.0 Å². The lowest BCUT2D eigenvalue weighted by Gasteiger charge is -2.23. The molecule has 0 aromatic heterocycles. The van der Waals surface area contributed by atoms with Gasteiger partial charge in [-0.3, -0.25) is 4.31 Å². The highest BCUT2D eigenvalue weighted by atomic mass is 35.5. The number of carbonyl (C=O) groups is 2. The lowest BCUT2D eigenvalue weighted by atomic mass is 10.2. The summed E-state index contributed by atoms with van der Waals surface area (Å²) >= 11 is 5.92. The number of halogens is 1. The Morgan fingerprint density at radius 1 is 0.970 bits per heavy atom. The van der Waals surface area contributed by atoms with Gasteiger partial charge in [0.2, 0.25) is 0 Å². The minimum absolute atomic E-state index is 0.0190. The maximum atomic E-state index is 13.3. The summed E-state index contributed by atoms with van der Waals surface area (Å²) in [6.45, 7) is 3.65. The lowest BCUT2D eigenvalue weighted by molar-refractivity contribution is 0.0600. The third kappa shape index (κ3) is 5.60. The predicted octanol–water partition coefficient (Wildman–Crippen LogP) is 4.73. The topological polar surface area (TPSA) is 90.0 Å². The Bertz CT molecular complexity index is 1270. The van der Waals surface area contributed by atoms with Crippen LogP contribution < -0.4 is 9.04 Å². The second-order valence-corrected chi connectivity index (χ2v) is 9.03. The van der Waals surface area contributed by atoms with Gasteiger partial charge in [0.1, 0.15) is 5.75 Å². The molecular weight excluding hydrogens is 466 g/mol. The molecular formula is C24H20ClNO6S. The number of rotatable bonds is 8. The van der Waals surface area contributed by atoms with E-state index in [1.165, 1.54) is 61.7 Å². The Morgan fingerprint density at radius 2 is 1.64 bits per heavy atom. The molecule has 3 rings (SSSR count). The molecule has 0 atom stereocenters. The average Bonchev–Trinajstić information content (AvgIpc) is 2.83. The first kappa shape index (κ1) is 24.0. The molecule has 0 aliphatic rings. The number of nitrogens with zero attached hydrogens (tertiary/aromatic N) is 1. The molecule has 33 heavy (non-hydrogen) atoms. The molecule has 0 amide bonds. The van der Waals surface area contributed by atoms with E-state index in [2.05, 4.69) is 11.3 Å². The number of methoxy groups -OCH3 is 1. The standard InChI is InChI=1S/C24H20ClNO6S/c1-3-15-26(20-11-9-19(25)10-12-20)33(29,30)22-6-4-5-18(16-22)24(28)32-21-13-7-17(8-14-21)23(27)31-2/h3-14,16H,1,15H2,2H3. The van der Waals surface area contributed by atoms with E-state index < -0.39 is 22.0 Å². The molecule has 0 aliphatic heterocycles. The summed E-state index contributed by atoms with van der Waals surface area (Å²) in [5.41, 5.74) is 0.746. The molecule has 3 aromatic rings. The number of sulfonamides is 1. The maximum absolute atomic E-state index is 13.3. The van der Waals surface area contributed by atoms with Crippen molar-refractivity contribution in [3.05, 3.63) is 102 Å². The van der Waals surface area contributed by atoms with Gasteiger partial charge in [-0.15, -0.1) is 6.58 Å². The largest absolute Gasteiger partial charge is 0.465 e. The van der Waals surface area contributed by atoms with E-state index in [1.807, 2.05) is 0 Å². The number of ether oxygens (including phenoxy) is 2. The van der Waals surface area contributed by atoms with E-state index in [0.717, 1.165) is 4.31 Å². The number of esters is 2. The van der Waals surface area contributed by atoms with E-state index in [-0.39, 0.29) is 22.8 Å². The molecule has 0 N–H and O–H groups in total. The molecule has 7 nitrogen and oxygen atoms in total. The van der Waals surface area contributed by atoms with Crippen molar-refractivity contribution in [3.8, 4) is 5.75 Å². The molecule has 0 saturated heterocycles. The molecule has 0 aliphatic carbocycles. The van der Waals surface area contributed by atoms with Crippen molar-refractivity contribution in [2.45, 2.75) is 4.90 Å². The van der Waals surface area contributed by atoms with Crippen LogP contribution in [0.3, 0.4) is 0 Å². The van der Waals surface area contributed by atoms with Crippen molar-refractivity contribution in [2.75, 3.05) is 18.0 Å². The summed E-state index contributed by atoms with van der Waals surface area (Å²) in [6, 6.07) is 17.7. The number of hydrogen-bond donors (Lipinski definition) is 0.